The standard InChI is InChI=1S/C16H18FN3O/c1-11-14(12(2)20(3)19-11)10-18-16(21)9-8-13-6-4-5-7-15(13)17/h4-9H,10H2,1-3H3,(H,18,21)/b9-8+. The van der Waals surface area contributed by atoms with Crippen LogP contribution < -0.4 is 5.32 Å². The second-order valence-electron chi connectivity index (χ2n) is 4.85. The molecule has 0 atom stereocenters. The molecular weight excluding hydrogens is 269 g/mol. The van der Waals surface area contributed by atoms with Crippen molar-refractivity contribution in [3.63, 3.8) is 0 Å². The van der Waals surface area contributed by atoms with E-state index in [0.717, 1.165) is 17.0 Å². The van der Waals surface area contributed by atoms with Gasteiger partial charge in [0.1, 0.15) is 5.82 Å². The van der Waals surface area contributed by atoms with Crippen molar-refractivity contribution in [2.45, 2.75) is 20.4 Å². The molecule has 5 heteroatoms. The van der Waals surface area contributed by atoms with Crippen molar-refractivity contribution in [2.24, 2.45) is 7.05 Å². The molecule has 2 aromatic rings. The van der Waals surface area contributed by atoms with E-state index < -0.39 is 0 Å². The Labute approximate surface area is 123 Å². The molecule has 0 bridgehead atoms. The van der Waals surface area contributed by atoms with Crippen LogP contribution in [0.1, 0.15) is 22.5 Å². The molecule has 1 N–H and O–H groups in total. The highest BCUT2D eigenvalue weighted by atomic mass is 19.1. The van der Waals surface area contributed by atoms with Crippen molar-refractivity contribution in [3.8, 4) is 0 Å². The largest absolute Gasteiger partial charge is 0.348 e. The number of hydrogen-bond acceptors (Lipinski definition) is 2. The second-order valence-corrected chi connectivity index (χ2v) is 4.85. The van der Waals surface area contributed by atoms with Gasteiger partial charge in [-0.15, -0.1) is 0 Å². The van der Waals surface area contributed by atoms with Crippen LogP contribution in [-0.4, -0.2) is 15.7 Å². The van der Waals surface area contributed by atoms with Gasteiger partial charge in [-0.1, -0.05) is 18.2 Å². The lowest BCUT2D eigenvalue weighted by atomic mass is 10.2. The third-order valence-electron chi connectivity index (χ3n) is 3.42. The Morgan fingerprint density at radius 1 is 1.38 bits per heavy atom. The zero-order chi connectivity index (χ0) is 15.4. The van der Waals surface area contributed by atoms with E-state index in [4.69, 9.17) is 0 Å². The van der Waals surface area contributed by atoms with Crippen LogP contribution in [-0.2, 0) is 18.4 Å². The predicted molar refractivity (Wildman–Crippen MR) is 80.0 cm³/mol. The minimum atomic E-state index is -0.347. The number of amides is 1. The Hall–Kier alpha value is -2.43. The van der Waals surface area contributed by atoms with Crippen LogP contribution in [0.4, 0.5) is 4.39 Å². The third kappa shape index (κ3) is 3.56. The fourth-order valence-electron chi connectivity index (χ4n) is 2.08. The topological polar surface area (TPSA) is 46.9 Å². The van der Waals surface area contributed by atoms with Crippen molar-refractivity contribution in [3.05, 3.63) is 58.7 Å². The Kier molecular flexibility index (Phi) is 4.52. The summed E-state index contributed by atoms with van der Waals surface area (Å²) in [6.45, 7) is 4.27. The first-order valence-electron chi connectivity index (χ1n) is 6.68. The molecule has 1 heterocycles. The van der Waals surface area contributed by atoms with E-state index >= 15 is 0 Å². The van der Waals surface area contributed by atoms with E-state index in [1.54, 1.807) is 22.9 Å². The minimum absolute atomic E-state index is 0.263. The number of aromatic nitrogens is 2. The van der Waals surface area contributed by atoms with Crippen molar-refractivity contribution < 1.29 is 9.18 Å². The van der Waals surface area contributed by atoms with E-state index in [-0.39, 0.29) is 11.7 Å². The summed E-state index contributed by atoms with van der Waals surface area (Å²) in [6.07, 6.45) is 2.80. The molecule has 4 nitrogen and oxygen atoms in total. The number of nitrogens with zero attached hydrogens (tertiary/aromatic N) is 2. The summed E-state index contributed by atoms with van der Waals surface area (Å²) in [7, 11) is 1.87. The van der Waals surface area contributed by atoms with Crippen LogP contribution >= 0.6 is 0 Å². The smallest absolute Gasteiger partial charge is 0.244 e. The van der Waals surface area contributed by atoms with Gasteiger partial charge in [0.05, 0.1) is 5.69 Å². The van der Waals surface area contributed by atoms with Gasteiger partial charge in [0.15, 0.2) is 0 Å². The van der Waals surface area contributed by atoms with Crippen molar-refractivity contribution >= 4 is 12.0 Å². The highest BCUT2D eigenvalue weighted by molar-refractivity contribution is 5.91. The molecule has 0 aliphatic heterocycles. The Morgan fingerprint density at radius 2 is 2.10 bits per heavy atom. The van der Waals surface area contributed by atoms with Gasteiger partial charge in [-0.2, -0.15) is 5.10 Å². The van der Waals surface area contributed by atoms with E-state index in [0.29, 0.717) is 12.1 Å². The Bertz CT molecular complexity index is 689. The Morgan fingerprint density at radius 3 is 2.71 bits per heavy atom. The summed E-state index contributed by atoms with van der Waals surface area (Å²) in [5.41, 5.74) is 3.31. The van der Waals surface area contributed by atoms with Crippen LogP contribution in [0.25, 0.3) is 6.08 Å². The molecule has 21 heavy (non-hydrogen) atoms. The fourth-order valence-corrected chi connectivity index (χ4v) is 2.08. The number of carbonyl (C=O) groups is 1. The molecule has 0 saturated carbocycles. The second kappa shape index (κ2) is 6.35. The molecule has 0 radical (unpaired) electrons. The molecule has 0 unspecified atom stereocenters. The van der Waals surface area contributed by atoms with Crippen LogP contribution in [0.15, 0.2) is 30.3 Å². The van der Waals surface area contributed by atoms with Crippen molar-refractivity contribution in [2.75, 3.05) is 0 Å². The first-order valence-corrected chi connectivity index (χ1v) is 6.68. The van der Waals surface area contributed by atoms with Gasteiger partial charge in [-0.3, -0.25) is 9.48 Å². The molecule has 1 amide bonds. The summed E-state index contributed by atoms with van der Waals surface area (Å²) in [5, 5.41) is 7.07. The summed E-state index contributed by atoms with van der Waals surface area (Å²) in [4.78, 5) is 11.8. The number of nitrogens with one attached hydrogen (secondary N) is 1. The Balaban J connectivity index is 1.98. The zero-order valence-corrected chi connectivity index (χ0v) is 12.4. The van der Waals surface area contributed by atoms with Crippen molar-refractivity contribution in [1.29, 1.82) is 0 Å². The van der Waals surface area contributed by atoms with Gasteiger partial charge in [0.2, 0.25) is 5.91 Å². The summed E-state index contributed by atoms with van der Waals surface area (Å²) in [5.74, 6) is -0.610. The van der Waals surface area contributed by atoms with E-state index in [2.05, 4.69) is 10.4 Å². The molecule has 0 aliphatic carbocycles. The lowest BCUT2D eigenvalue weighted by molar-refractivity contribution is -0.116. The first kappa shape index (κ1) is 15.0. The molecule has 2 rings (SSSR count). The van der Waals surface area contributed by atoms with Gasteiger partial charge in [0.25, 0.3) is 0 Å². The van der Waals surface area contributed by atoms with E-state index in [9.17, 15) is 9.18 Å². The number of benzene rings is 1. The average Bonchev–Trinajstić information content (AvgIpc) is 2.69. The quantitative estimate of drug-likeness (QED) is 0.878. The number of carbonyl (C=O) groups excluding carboxylic acids is 1. The maximum absolute atomic E-state index is 13.4. The molecule has 0 fully saturated rings. The van der Waals surface area contributed by atoms with E-state index in [1.165, 1.54) is 18.2 Å². The van der Waals surface area contributed by atoms with Gasteiger partial charge >= 0.3 is 0 Å². The average molecular weight is 287 g/mol. The molecule has 0 saturated heterocycles. The summed E-state index contributed by atoms with van der Waals surface area (Å²) in [6, 6.07) is 6.32. The molecule has 1 aromatic carbocycles. The third-order valence-corrected chi connectivity index (χ3v) is 3.42. The summed E-state index contributed by atoms with van der Waals surface area (Å²) >= 11 is 0. The van der Waals surface area contributed by atoms with Gasteiger partial charge in [-0.25, -0.2) is 4.39 Å². The number of aryl methyl sites for hydroxylation is 2. The summed E-state index contributed by atoms with van der Waals surface area (Å²) < 4.78 is 15.2. The lowest BCUT2D eigenvalue weighted by Crippen LogP contribution is -2.21. The monoisotopic (exact) mass is 287 g/mol. The van der Waals surface area contributed by atoms with Gasteiger partial charge < -0.3 is 5.32 Å². The number of rotatable bonds is 4. The normalized spacial score (nSPS) is 11.0. The number of hydrogen-bond donors (Lipinski definition) is 1. The lowest BCUT2D eigenvalue weighted by Gasteiger charge is -2.03. The maximum Gasteiger partial charge on any atom is 0.244 e. The fraction of sp³-hybridized carbons (Fsp3) is 0.250. The highest BCUT2D eigenvalue weighted by Gasteiger charge is 2.09. The molecule has 0 aliphatic rings. The first-order chi connectivity index (χ1) is 9.99. The molecule has 110 valence electrons. The maximum atomic E-state index is 13.4. The molecule has 0 spiro atoms. The SMILES string of the molecule is Cc1nn(C)c(C)c1CNC(=O)/C=C/c1ccccc1F. The van der Waals surface area contributed by atoms with Crippen LogP contribution in [0, 0.1) is 19.7 Å². The minimum Gasteiger partial charge on any atom is -0.348 e. The van der Waals surface area contributed by atoms with Crippen molar-refractivity contribution in [1.82, 2.24) is 15.1 Å². The molecular formula is C16H18FN3O. The zero-order valence-electron chi connectivity index (χ0n) is 12.4. The van der Waals surface area contributed by atoms with E-state index in [1.807, 2.05) is 20.9 Å². The van der Waals surface area contributed by atoms with Crippen LogP contribution in [0.3, 0.4) is 0 Å². The van der Waals surface area contributed by atoms with Gasteiger partial charge in [0, 0.05) is 36.5 Å². The van der Waals surface area contributed by atoms with Crippen LogP contribution in [0.2, 0.25) is 0 Å². The number of halogens is 1. The van der Waals surface area contributed by atoms with Crippen LogP contribution in [0.5, 0.6) is 0 Å². The van der Waals surface area contributed by atoms with Gasteiger partial charge in [-0.05, 0) is 26.0 Å². The molecule has 1 aromatic heterocycles. The predicted octanol–water partition coefficient (Wildman–Crippen LogP) is 2.51. The highest BCUT2D eigenvalue weighted by Crippen LogP contribution is 2.11.